The van der Waals surface area contributed by atoms with E-state index in [1.165, 1.54) is 25.2 Å². The average Bonchev–Trinajstić information content (AvgIpc) is 2.99. The smallest absolute Gasteiger partial charge is 0.356 e. The van der Waals surface area contributed by atoms with Crippen LogP contribution < -0.4 is 5.32 Å². The summed E-state index contributed by atoms with van der Waals surface area (Å²) in [6, 6.07) is 0. The number of hydrogen-bond donors (Lipinski definition) is 2. The number of rotatable bonds is 4. The summed E-state index contributed by atoms with van der Waals surface area (Å²) in [5, 5.41) is 11.7. The Kier molecular flexibility index (Phi) is 2.30. The molecule has 0 atom stereocenters. The Morgan fingerprint density at radius 2 is 2.29 bits per heavy atom. The van der Waals surface area contributed by atoms with Gasteiger partial charge in [0.25, 0.3) is 0 Å². The van der Waals surface area contributed by atoms with Crippen LogP contribution in [0.1, 0.15) is 23.3 Å². The molecule has 0 saturated heterocycles. The molecule has 74 valence electrons. The molecule has 0 aliphatic heterocycles. The third-order valence-electron chi connectivity index (χ3n) is 2.14. The summed E-state index contributed by atoms with van der Waals surface area (Å²) in [5.41, 5.74) is -0.0260. The van der Waals surface area contributed by atoms with Crippen molar-refractivity contribution in [3.05, 3.63) is 18.1 Å². The van der Waals surface area contributed by atoms with E-state index in [4.69, 9.17) is 5.11 Å². The number of nitrogens with zero attached hydrogens (tertiary/aromatic N) is 2. The van der Waals surface area contributed by atoms with Crippen LogP contribution in [0.4, 0.5) is 5.82 Å². The number of aromatic carboxylic acids is 1. The van der Waals surface area contributed by atoms with E-state index in [9.17, 15) is 4.79 Å². The van der Waals surface area contributed by atoms with Crippen LogP contribution in [-0.4, -0.2) is 27.6 Å². The van der Waals surface area contributed by atoms with Gasteiger partial charge in [-0.05, 0) is 18.8 Å². The molecule has 0 aromatic carbocycles. The Hall–Kier alpha value is -1.65. The van der Waals surface area contributed by atoms with Gasteiger partial charge in [0.05, 0.1) is 12.4 Å². The zero-order valence-electron chi connectivity index (χ0n) is 7.60. The van der Waals surface area contributed by atoms with E-state index in [-0.39, 0.29) is 5.69 Å². The summed E-state index contributed by atoms with van der Waals surface area (Å²) >= 11 is 0. The molecular formula is C9H11N3O2. The number of carbonyl (C=O) groups is 1. The van der Waals surface area contributed by atoms with Crippen molar-refractivity contribution in [3.8, 4) is 0 Å². The number of anilines is 1. The molecule has 2 N–H and O–H groups in total. The number of aromatic nitrogens is 2. The number of carboxylic acid groups (broad SMARTS) is 1. The minimum atomic E-state index is -1.05. The van der Waals surface area contributed by atoms with E-state index in [0.717, 1.165) is 12.5 Å². The van der Waals surface area contributed by atoms with Crippen molar-refractivity contribution in [2.45, 2.75) is 12.8 Å². The maximum atomic E-state index is 10.5. The Labute approximate surface area is 81.2 Å². The second-order valence-electron chi connectivity index (χ2n) is 3.42. The van der Waals surface area contributed by atoms with Crippen LogP contribution in [0.25, 0.3) is 0 Å². The molecule has 1 fully saturated rings. The fourth-order valence-electron chi connectivity index (χ4n) is 1.10. The van der Waals surface area contributed by atoms with Crippen LogP contribution >= 0.6 is 0 Å². The zero-order valence-corrected chi connectivity index (χ0v) is 7.60. The average molecular weight is 193 g/mol. The fraction of sp³-hybridized carbons (Fsp3) is 0.444. The Morgan fingerprint density at radius 3 is 2.79 bits per heavy atom. The largest absolute Gasteiger partial charge is 0.476 e. The normalized spacial score (nSPS) is 15.1. The van der Waals surface area contributed by atoms with Crippen LogP contribution in [0.5, 0.6) is 0 Å². The maximum Gasteiger partial charge on any atom is 0.356 e. The predicted molar refractivity (Wildman–Crippen MR) is 50.2 cm³/mol. The topological polar surface area (TPSA) is 75.1 Å². The molecule has 14 heavy (non-hydrogen) atoms. The van der Waals surface area contributed by atoms with E-state index in [1.807, 2.05) is 0 Å². The lowest BCUT2D eigenvalue weighted by molar-refractivity contribution is 0.0690. The lowest BCUT2D eigenvalue weighted by Crippen LogP contribution is -2.07. The molecule has 1 aromatic heterocycles. The number of carboxylic acids is 1. The molecular weight excluding hydrogens is 182 g/mol. The lowest BCUT2D eigenvalue weighted by atomic mass is 10.4. The van der Waals surface area contributed by atoms with E-state index < -0.39 is 5.97 Å². The highest BCUT2D eigenvalue weighted by atomic mass is 16.4. The maximum absolute atomic E-state index is 10.5. The fourth-order valence-corrected chi connectivity index (χ4v) is 1.10. The van der Waals surface area contributed by atoms with Crippen LogP contribution in [0.2, 0.25) is 0 Å². The van der Waals surface area contributed by atoms with Crippen molar-refractivity contribution in [1.29, 1.82) is 0 Å². The van der Waals surface area contributed by atoms with Crippen LogP contribution in [-0.2, 0) is 0 Å². The molecule has 2 rings (SSSR count). The molecule has 0 radical (unpaired) electrons. The first-order valence-corrected chi connectivity index (χ1v) is 4.55. The summed E-state index contributed by atoms with van der Waals surface area (Å²) in [6.45, 7) is 0.904. The second kappa shape index (κ2) is 3.61. The molecule has 5 heteroatoms. The number of nitrogens with one attached hydrogen (secondary N) is 1. The zero-order chi connectivity index (χ0) is 9.97. The van der Waals surface area contributed by atoms with Crippen LogP contribution in [0.15, 0.2) is 12.4 Å². The van der Waals surface area contributed by atoms with Crippen molar-refractivity contribution in [2.75, 3.05) is 11.9 Å². The predicted octanol–water partition coefficient (Wildman–Crippen LogP) is 0.997. The van der Waals surface area contributed by atoms with Crippen molar-refractivity contribution >= 4 is 11.8 Å². The van der Waals surface area contributed by atoms with Gasteiger partial charge >= 0.3 is 5.97 Å². The molecule has 0 unspecified atom stereocenters. The molecule has 1 aliphatic rings. The first-order valence-electron chi connectivity index (χ1n) is 4.55. The number of hydrogen-bond acceptors (Lipinski definition) is 4. The van der Waals surface area contributed by atoms with Gasteiger partial charge in [-0.15, -0.1) is 0 Å². The van der Waals surface area contributed by atoms with Crippen molar-refractivity contribution in [2.24, 2.45) is 5.92 Å². The van der Waals surface area contributed by atoms with Gasteiger partial charge in [0, 0.05) is 6.54 Å². The van der Waals surface area contributed by atoms with E-state index in [2.05, 4.69) is 15.3 Å². The highest BCUT2D eigenvalue weighted by Crippen LogP contribution is 2.28. The minimum Gasteiger partial charge on any atom is -0.476 e. The highest BCUT2D eigenvalue weighted by molar-refractivity contribution is 5.84. The molecule has 5 nitrogen and oxygen atoms in total. The van der Waals surface area contributed by atoms with Gasteiger partial charge < -0.3 is 10.4 Å². The van der Waals surface area contributed by atoms with Gasteiger partial charge in [0.2, 0.25) is 0 Å². The Morgan fingerprint density at radius 1 is 1.50 bits per heavy atom. The van der Waals surface area contributed by atoms with Crippen molar-refractivity contribution in [1.82, 2.24) is 9.97 Å². The van der Waals surface area contributed by atoms with Gasteiger partial charge in [-0.1, -0.05) is 0 Å². The molecule has 1 aliphatic carbocycles. The van der Waals surface area contributed by atoms with E-state index in [0.29, 0.717) is 5.82 Å². The highest BCUT2D eigenvalue weighted by Gasteiger charge is 2.20. The Balaban J connectivity index is 1.94. The van der Waals surface area contributed by atoms with Gasteiger partial charge in [-0.25, -0.2) is 14.8 Å². The third kappa shape index (κ3) is 2.18. The van der Waals surface area contributed by atoms with E-state index >= 15 is 0 Å². The summed E-state index contributed by atoms with van der Waals surface area (Å²) in [5.74, 6) is 0.351. The first-order chi connectivity index (χ1) is 6.75. The molecule has 0 amide bonds. The lowest BCUT2D eigenvalue weighted by Gasteiger charge is -2.02. The Bertz CT molecular complexity index is 332. The molecule has 1 aromatic rings. The molecule has 1 saturated carbocycles. The van der Waals surface area contributed by atoms with Gasteiger partial charge in [-0.3, -0.25) is 0 Å². The molecule has 1 heterocycles. The SMILES string of the molecule is O=C(O)c1cnc(NCC2CC2)cn1. The van der Waals surface area contributed by atoms with Crippen molar-refractivity contribution in [3.63, 3.8) is 0 Å². The summed E-state index contributed by atoms with van der Waals surface area (Å²) in [6.07, 6.45) is 5.25. The van der Waals surface area contributed by atoms with E-state index in [1.54, 1.807) is 0 Å². The summed E-state index contributed by atoms with van der Waals surface area (Å²) in [7, 11) is 0. The quantitative estimate of drug-likeness (QED) is 0.746. The molecule has 0 spiro atoms. The van der Waals surface area contributed by atoms with Crippen LogP contribution in [0, 0.1) is 5.92 Å². The minimum absolute atomic E-state index is 0.0260. The summed E-state index contributed by atoms with van der Waals surface area (Å²) in [4.78, 5) is 18.2. The molecule has 0 bridgehead atoms. The van der Waals surface area contributed by atoms with Gasteiger partial charge in [0.1, 0.15) is 5.82 Å². The third-order valence-corrected chi connectivity index (χ3v) is 2.14. The first kappa shape index (κ1) is 8.93. The second-order valence-corrected chi connectivity index (χ2v) is 3.42. The van der Waals surface area contributed by atoms with Crippen molar-refractivity contribution < 1.29 is 9.90 Å². The van der Waals surface area contributed by atoms with Gasteiger partial charge in [0.15, 0.2) is 5.69 Å². The summed E-state index contributed by atoms with van der Waals surface area (Å²) < 4.78 is 0. The van der Waals surface area contributed by atoms with Crippen LogP contribution in [0.3, 0.4) is 0 Å². The monoisotopic (exact) mass is 193 g/mol. The standard InChI is InChI=1S/C9H11N3O2/c13-9(14)7-4-12-8(5-10-7)11-3-6-1-2-6/h4-6H,1-3H2,(H,11,12)(H,13,14). The van der Waals surface area contributed by atoms with Gasteiger partial charge in [-0.2, -0.15) is 0 Å².